The number of nitrogens with zero attached hydrogens (tertiary/aromatic N) is 2. The number of benzene rings is 1. The van der Waals surface area contributed by atoms with Crippen molar-refractivity contribution in [2.45, 2.75) is 26.8 Å². The molecule has 25 heavy (non-hydrogen) atoms. The Kier molecular flexibility index (Phi) is 5.27. The third-order valence-corrected chi connectivity index (χ3v) is 7.08. The number of aromatic nitrogens is 1. The van der Waals surface area contributed by atoms with Gasteiger partial charge in [0.1, 0.15) is 0 Å². The summed E-state index contributed by atoms with van der Waals surface area (Å²) >= 11 is 9.66. The van der Waals surface area contributed by atoms with Crippen LogP contribution in [0.4, 0.5) is 0 Å². The number of carbonyl (C=O) groups excluding carboxylic acids is 1. The van der Waals surface area contributed by atoms with E-state index in [-0.39, 0.29) is 11.9 Å². The van der Waals surface area contributed by atoms with Crippen molar-refractivity contribution in [2.24, 2.45) is 0 Å². The summed E-state index contributed by atoms with van der Waals surface area (Å²) in [5, 5.41) is 2.75. The van der Waals surface area contributed by atoms with E-state index in [0.29, 0.717) is 5.02 Å². The molecule has 0 bridgehead atoms. The van der Waals surface area contributed by atoms with Crippen LogP contribution in [0.25, 0.3) is 16.2 Å². The fourth-order valence-electron chi connectivity index (χ4n) is 2.71. The predicted molar refractivity (Wildman–Crippen MR) is 109 cm³/mol. The second-order valence-electron chi connectivity index (χ2n) is 5.92. The Morgan fingerprint density at radius 1 is 1.28 bits per heavy atom. The highest BCUT2D eigenvalue weighted by Crippen LogP contribution is 2.36. The van der Waals surface area contributed by atoms with Crippen LogP contribution in [-0.2, 0) is 4.79 Å². The second kappa shape index (κ2) is 7.28. The number of aryl methyl sites for hydroxylation is 2. The molecule has 0 aliphatic heterocycles. The molecule has 1 amide bonds. The van der Waals surface area contributed by atoms with Crippen LogP contribution in [0.2, 0.25) is 5.02 Å². The molecule has 0 saturated carbocycles. The van der Waals surface area contributed by atoms with Gasteiger partial charge in [-0.2, -0.15) is 0 Å². The number of likely N-dealkylation sites (N-methyl/N-ethyl adjacent to an activating group) is 1. The zero-order valence-electron chi connectivity index (χ0n) is 14.5. The van der Waals surface area contributed by atoms with Gasteiger partial charge < -0.3 is 4.90 Å². The monoisotopic (exact) mass is 390 g/mol. The zero-order chi connectivity index (χ0) is 18.1. The van der Waals surface area contributed by atoms with Crippen LogP contribution in [0.15, 0.2) is 30.3 Å². The second-order valence-corrected chi connectivity index (χ2v) is 8.61. The minimum atomic E-state index is -0.0496. The standard InChI is InChI=1S/C19H19ClN2OS2/c1-11-19(24-13(3)21-11)12(2)22(4)17(23)10-9-16-18(20)14-7-5-6-8-15(14)25-16/h5-10,12H,1-4H3. The molecule has 2 aromatic heterocycles. The van der Waals surface area contributed by atoms with E-state index in [1.165, 1.54) is 0 Å². The quantitative estimate of drug-likeness (QED) is 0.522. The minimum absolute atomic E-state index is 0.0128. The maximum absolute atomic E-state index is 12.6. The van der Waals surface area contributed by atoms with Crippen molar-refractivity contribution in [3.63, 3.8) is 0 Å². The molecule has 0 aliphatic rings. The molecule has 0 N–H and O–H groups in total. The van der Waals surface area contributed by atoms with Crippen LogP contribution in [0.5, 0.6) is 0 Å². The first kappa shape index (κ1) is 18.1. The van der Waals surface area contributed by atoms with Gasteiger partial charge in [0.05, 0.1) is 21.8 Å². The number of rotatable bonds is 4. The van der Waals surface area contributed by atoms with Gasteiger partial charge in [-0.15, -0.1) is 22.7 Å². The summed E-state index contributed by atoms with van der Waals surface area (Å²) in [4.78, 5) is 20.8. The molecule has 3 rings (SSSR count). The number of amides is 1. The van der Waals surface area contributed by atoms with Gasteiger partial charge in [0, 0.05) is 33.0 Å². The summed E-state index contributed by atoms with van der Waals surface area (Å²) in [6, 6.07) is 7.97. The van der Waals surface area contributed by atoms with Crippen molar-refractivity contribution in [2.75, 3.05) is 7.05 Å². The predicted octanol–water partition coefficient (Wildman–Crippen LogP) is 5.86. The first-order chi connectivity index (χ1) is 11.9. The maximum atomic E-state index is 12.6. The lowest BCUT2D eigenvalue weighted by atomic mass is 10.2. The largest absolute Gasteiger partial charge is 0.335 e. The van der Waals surface area contributed by atoms with E-state index in [2.05, 4.69) is 4.98 Å². The first-order valence-electron chi connectivity index (χ1n) is 7.94. The van der Waals surface area contributed by atoms with Gasteiger partial charge in [-0.1, -0.05) is 29.8 Å². The fourth-order valence-corrected chi connectivity index (χ4v) is 5.13. The maximum Gasteiger partial charge on any atom is 0.246 e. The molecule has 1 unspecified atom stereocenters. The Hall–Kier alpha value is -1.69. The normalized spacial score (nSPS) is 12.8. The van der Waals surface area contributed by atoms with Gasteiger partial charge in [-0.05, 0) is 32.9 Å². The van der Waals surface area contributed by atoms with E-state index in [1.54, 1.807) is 33.6 Å². The van der Waals surface area contributed by atoms with Crippen LogP contribution < -0.4 is 0 Å². The summed E-state index contributed by atoms with van der Waals surface area (Å²) in [7, 11) is 1.82. The van der Waals surface area contributed by atoms with Gasteiger partial charge in [-0.3, -0.25) is 4.79 Å². The van der Waals surface area contributed by atoms with Crippen molar-refractivity contribution in [3.8, 4) is 0 Å². The molecule has 0 aliphatic carbocycles. The molecular formula is C19H19ClN2OS2. The lowest BCUT2D eigenvalue weighted by molar-refractivity contribution is -0.126. The molecule has 1 atom stereocenters. The molecule has 3 nitrogen and oxygen atoms in total. The third-order valence-electron chi connectivity index (χ3n) is 4.18. The van der Waals surface area contributed by atoms with Crippen molar-refractivity contribution in [1.29, 1.82) is 0 Å². The molecule has 130 valence electrons. The van der Waals surface area contributed by atoms with E-state index < -0.39 is 0 Å². The molecule has 0 spiro atoms. The van der Waals surface area contributed by atoms with Gasteiger partial charge in [0.2, 0.25) is 5.91 Å². The highest BCUT2D eigenvalue weighted by Gasteiger charge is 2.20. The highest BCUT2D eigenvalue weighted by atomic mass is 35.5. The summed E-state index contributed by atoms with van der Waals surface area (Å²) in [5.74, 6) is -0.0496. The average molecular weight is 391 g/mol. The number of thiazole rings is 1. The fraction of sp³-hybridized carbons (Fsp3) is 0.263. The summed E-state index contributed by atoms with van der Waals surface area (Å²) in [6.07, 6.45) is 3.40. The summed E-state index contributed by atoms with van der Waals surface area (Å²) in [5.41, 5.74) is 0.992. The lowest BCUT2D eigenvalue weighted by Gasteiger charge is -2.23. The lowest BCUT2D eigenvalue weighted by Crippen LogP contribution is -2.27. The number of fused-ring (bicyclic) bond motifs is 1. The van der Waals surface area contributed by atoms with Crippen LogP contribution >= 0.6 is 34.3 Å². The Balaban J connectivity index is 1.79. The van der Waals surface area contributed by atoms with Gasteiger partial charge in [-0.25, -0.2) is 4.98 Å². The number of thiophene rings is 1. The number of carbonyl (C=O) groups is 1. The molecule has 1 aromatic carbocycles. The molecule has 3 aromatic rings. The van der Waals surface area contributed by atoms with Crippen molar-refractivity contribution in [1.82, 2.24) is 9.88 Å². The van der Waals surface area contributed by atoms with Crippen LogP contribution in [-0.4, -0.2) is 22.8 Å². The van der Waals surface area contributed by atoms with Gasteiger partial charge >= 0.3 is 0 Å². The first-order valence-corrected chi connectivity index (χ1v) is 9.95. The summed E-state index contributed by atoms with van der Waals surface area (Å²) in [6.45, 7) is 6.00. The highest BCUT2D eigenvalue weighted by molar-refractivity contribution is 7.20. The molecule has 0 radical (unpaired) electrons. The van der Waals surface area contributed by atoms with E-state index >= 15 is 0 Å². The SMILES string of the molecule is Cc1nc(C)c(C(C)N(C)C(=O)C=Cc2sc3ccccc3c2Cl)s1. The zero-order valence-corrected chi connectivity index (χ0v) is 16.9. The van der Waals surface area contributed by atoms with Crippen LogP contribution in [0, 0.1) is 13.8 Å². The number of halogens is 1. The van der Waals surface area contributed by atoms with Crippen molar-refractivity contribution in [3.05, 3.63) is 55.8 Å². The van der Waals surface area contributed by atoms with E-state index in [4.69, 9.17) is 11.6 Å². The molecule has 6 heteroatoms. The molecular weight excluding hydrogens is 372 g/mol. The van der Waals surface area contributed by atoms with E-state index in [9.17, 15) is 4.79 Å². The minimum Gasteiger partial charge on any atom is -0.335 e. The molecule has 2 heterocycles. The van der Waals surface area contributed by atoms with E-state index in [1.807, 2.05) is 58.2 Å². The van der Waals surface area contributed by atoms with E-state index in [0.717, 1.165) is 30.5 Å². The van der Waals surface area contributed by atoms with Crippen LogP contribution in [0.1, 0.15) is 33.4 Å². The number of hydrogen-bond acceptors (Lipinski definition) is 4. The third kappa shape index (κ3) is 3.64. The van der Waals surface area contributed by atoms with Crippen molar-refractivity contribution < 1.29 is 4.79 Å². The number of hydrogen-bond donors (Lipinski definition) is 0. The summed E-state index contributed by atoms with van der Waals surface area (Å²) < 4.78 is 1.12. The average Bonchev–Trinajstić information content (AvgIpc) is 3.10. The topological polar surface area (TPSA) is 33.2 Å². The Morgan fingerprint density at radius 2 is 2.00 bits per heavy atom. The van der Waals surface area contributed by atoms with Gasteiger partial charge in [0.25, 0.3) is 0 Å². The Labute approximate surface area is 160 Å². The smallest absolute Gasteiger partial charge is 0.246 e. The Morgan fingerprint density at radius 3 is 2.64 bits per heavy atom. The van der Waals surface area contributed by atoms with Crippen molar-refractivity contribution >= 4 is 56.3 Å². The van der Waals surface area contributed by atoms with Gasteiger partial charge in [0.15, 0.2) is 0 Å². The Bertz CT molecular complexity index is 958. The molecule has 0 fully saturated rings. The molecule has 0 saturated heterocycles. The van der Waals surface area contributed by atoms with Crippen LogP contribution in [0.3, 0.4) is 0 Å².